The normalized spacial score (nSPS) is 14.3. The van der Waals surface area contributed by atoms with Crippen molar-refractivity contribution in [3.63, 3.8) is 0 Å². The van der Waals surface area contributed by atoms with Crippen LogP contribution in [0.25, 0.3) is 33.5 Å². The zero-order valence-electron chi connectivity index (χ0n) is 18.8. The van der Waals surface area contributed by atoms with Crippen LogP contribution in [0.2, 0.25) is 0 Å². The lowest BCUT2D eigenvalue weighted by molar-refractivity contribution is 1.15. The number of nitrogens with zero attached hydrogens (tertiary/aromatic N) is 2. The van der Waals surface area contributed by atoms with E-state index in [-0.39, 0.29) is 11.8 Å². The van der Waals surface area contributed by atoms with Gasteiger partial charge >= 0.3 is 0 Å². The Hall–Kier alpha value is -4.44. The highest BCUT2D eigenvalue weighted by molar-refractivity contribution is 7.14. The summed E-state index contributed by atoms with van der Waals surface area (Å²) in [5.74, 6) is 13.7. The minimum absolute atomic E-state index is 0.126. The van der Waals surface area contributed by atoms with Crippen LogP contribution in [-0.4, -0.2) is 9.97 Å². The minimum Gasteiger partial charge on any atom is -0.242 e. The summed E-state index contributed by atoms with van der Waals surface area (Å²) in [5.41, 5.74) is 5.39. The molecule has 0 fully saturated rings. The predicted octanol–water partition coefficient (Wildman–Crippen LogP) is 7.21. The molecule has 2 nitrogen and oxygen atoms in total. The van der Waals surface area contributed by atoms with Gasteiger partial charge in [-0.1, -0.05) is 133 Å². The van der Waals surface area contributed by atoms with Gasteiger partial charge in [-0.3, -0.25) is 0 Å². The molecule has 6 rings (SSSR count). The van der Waals surface area contributed by atoms with Crippen LogP contribution in [0.5, 0.6) is 0 Å². The van der Waals surface area contributed by atoms with Crippen LogP contribution in [0.3, 0.4) is 0 Å². The summed E-state index contributed by atoms with van der Waals surface area (Å²) < 4.78 is 0. The van der Waals surface area contributed by atoms with E-state index in [9.17, 15) is 0 Å². The summed E-state index contributed by atoms with van der Waals surface area (Å²) in [6.07, 6.45) is 16.5. The Morgan fingerprint density at radius 1 is 0.543 bits per heavy atom. The lowest BCUT2D eigenvalue weighted by Gasteiger charge is -2.09. The number of benzene rings is 2. The van der Waals surface area contributed by atoms with Crippen LogP contribution in [0.15, 0.2) is 109 Å². The van der Waals surface area contributed by atoms with Crippen LogP contribution < -0.4 is 0 Å². The number of hydrogen-bond acceptors (Lipinski definition) is 3. The van der Waals surface area contributed by atoms with Crippen molar-refractivity contribution in [2.75, 3.05) is 0 Å². The zero-order valence-corrected chi connectivity index (χ0v) is 19.7. The molecule has 0 aliphatic heterocycles. The molecule has 0 radical (unpaired) electrons. The first-order valence-corrected chi connectivity index (χ1v) is 12.4. The Kier molecular flexibility index (Phi) is 5.69. The highest BCUT2D eigenvalue weighted by Crippen LogP contribution is 2.35. The van der Waals surface area contributed by atoms with E-state index in [0.717, 1.165) is 43.3 Å². The summed E-state index contributed by atoms with van der Waals surface area (Å²) in [7, 11) is 0. The van der Waals surface area contributed by atoms with Crippen LogP contribution >= 0.6 is 11.3 Å². The van der Waals surface area contributed by atoms with E-state index < -0.39 is 0 Å². The van der Waals surface area contributed by atoms with E-state index in [1.807, 2.05) is 60.7 Å². The number of hydrogen-bond donors (Lipinski definition) is 0. The Bertz CT molecular complexity index is 1500. The molecule has 2 aromatic heterocycles. The molecule has 3 heteroatoms. The second kappa shape index (κ2) is 9.43. The lowest BCUT2D eigenvalue weighted by atomic mass is 10.0. The fraction of sp³-hybridized carbons (Fsp3) is 0.0625. The van der Waals surface area contributed by atoms with Gasteiger partial charge in [0.05, 0.1) is 23.2 Å². The number of allylic oxidation sites excluding steroid dienone is 8. The molecule has 0 saturated heterocycles. The van der Waals surface area contributed by atoms with Crippen LogP contribution in [-0.2, 0) is 0 Å². The van der Waals surface area contributed by atoms with Crippen molar-refractivity contribution in [1.82, 2.24) is 9.97 Å². The van der Waals surface area contributed by atoms with E-state index in [0.29, 0.717) is 0 Å². The molecule has 2 heterocycles. The lowest BCUT2D eigenvalue weighted by Crippen LogP contribution is -1.95. The topological polar surface area (TPSA) is 25.8 Å². The molecule has 164 valence electrons. The van der Waals surface area contributed by atoms with E-state index >= 15 is 0 Å². The predicted molar refractivity (Wildman–Crippen MR) is 146 cm³/mol. The smallest absolute Gasteiger partial charge is 0.117 e. The summed E-state index contributed by atoms with van der Waals surface area (Å²) in [6.45, 7) is 0. The fourth-order valence-corrected chi connectivity index (χ4v) is 4.97. The minimum atomic E-state index is 0.126. The molecular formula is C32H20N2S. The Balaban J connectivity index is 1.59. The van der Waals surface area contributed by atoms with Crippen molar-refractivity contribution in [2.24, 2.45) is 11.8 Å². The molecule has 0 bridgehead atoms. The van der Waals surface area contributed by atoms with Crippen molar-refractivity contribution in [2.45, 2.75) is 0 Å². The standard InChI is InChI=1S/C32H20N2S/c1-3-15-25(16-4-1)29-30(26-17-5-2-6-18-26)34-32-28(22-20-24-13-9-10-14-24)35-27(31(32)33-29)21-19-23-11-7-8-12-23/h1-18,23-24H. The van der Waals surface area contributed by atoms with Gasteiger partial charge in [-0.25, -0.2) is 9.97 Å². The van der Waals surface area contributed by atoms with Crippen LogP contribution in [0.4, 0.5) is 0 Å². The second-order valence-corrected chi connectivity index (χ2v) is 9.26. The SMILES string of the molecule is C(#CC1C=CC=C1)c1sc(C#CC2C=CC=C2)c2nc(-c3ccccc3)c(-c3ccccc3)nc12. The van der Waals surface area contributed by atoms with Gasteiger partial charge in [0.2, 0.25) is 0 Å². The highest BCUT2D eigenvalue weighted by Gasteiger charge is 2.19. The molecule has 2 aliphatic carbocycles. The van der Waals surface area contributed by atoms with Crippen LogP contribution in [0, 0.1) is 35.5 Å². The summed E-state index contributed by atoms with van der Waals surface area (Å²) in [6, 6.07) is 20.5. The molecule has 2 aromatic carbocycles. The van der Waals surface area contributed by atoms with E-state index in [4.69, 9.17) is 9.97 Å². The molecule has 35 heavy (non-hydrogen) atoms. The number of rotatable bonds is 2. The van der Waals surface area contributed by atoms with Gasteiger partial charge < -0.3 is 0 Å². The molecule has 0 unspecified atom stereocenters. The first-order valence-electron chi connectivity index (χ1n) is 11.5. The Morgan fingerprint density at radius 3 is 1.34 bits per heavy atom. The quantitative estimate of drug-likeness (QED) is 0.293. The average Bonchev–Trinajstić information content (AvgIpc) is 3.68. The van der Waals surface area contributed by atoms with Crippen molar-refractivity contribution in [3.8, 4) is 46.2 Å². The van der Waals surface area contributed by atoms with Crippen molar-refractivity contribution in [3.05, 3.63) is 119 Å². The second-order valence-electron chi connectivity index (χ2n) is 8.24. The van der Waals surface area contributed by atoms with Gasteiger partial charge in [-0.2, -0.15) is 0 Å². The molecule has 4 aromatic rings. The van der Waals surface area contributed by atoms with E-state index in [2.05, 4.69) is 72.3 Å². The first-order chi connectivity index (χ1) is 17.3. The Labute approximate surface area is 209 Å². The maximum absolute atomic E-state index is 5.18. The van der Waals surface area contributed by atoms with E-state index in [1.165, 1.54) is 0 Å². The molecule has 2 aliphatic rings. The van der Waals surface area contributed by atoms with Crippen molar-refractivity contribution >= 4 is 22.4 Å². The monoisotopic (exact) mass is 464 g/mol. The zero-order chi connectivity index (χ0) is 23.5. The summed E-state index contributed by atoms with van der Waals surface area (Å²) >= 11 is 1.58. The van der Waals surface area contributed by atoms with Crippen molar-refractivity contribution in [1.29, 1.82) is 0 Å². The number of thiophene rings is 1. The highest BCUT2D eigenvalue weighted by atomic mass is 32.1. The molecular weight excluding hydrogens is 444 g/mol. The van der Waals surface area contributed by atoms with Gasteiger partial charge in [0.25, 0.3) is 0 Å². The van der Waals surface area contributed by atoms with Gasteiger partial charge in [0.1, 0.15) is 20.8 Å². The summed E-state index contributed by atoms with van der Waals surface area (Å²) in [5, 5.41) is 0. The maximum Gasteiger partial charge on any atom is 0.117 e. The largest absolute Gasteiger partial charge is 0.242 e. The average molecular weight is 465 g/mol. The third-order valence-corrected chi connectivity index (χ3v) is 6.82. The van der Waals surface area contributed by atoms with Gasteiger partial charge in [-0.15, -0.1) is 11.3 Å². The van der Waals surface area contributed by atoms with Crippen molar-refractivity contribution < 1.29 is 0 Å². The molecule has 0 spiro atoms. The van der Waals surface area contributed by atoms with Gasteiger partial charge in [0, 0.05) is 11.1 Å². The third kappa shape index (κ3) is 4.38. The van der Waals surface area contributed by atoms with Gasteiger partial charge in [-0.05, 0) is 0 Å². The number of aromatic nitrogens is 2. The first kappa shape index (κ1) is 21.1. The molecule has 0 atom stereocenters. The fourth-order valence-electron chi connectivity index (χ4n) is 4.07. The van der Waals surface area contributed by atoms with Crippen LogP contribution in [0.1, 0.15) is 9.75 Å². The molecule has 0 N–H and O–H groups in total. The molecule has 0 saturated carbocycles. The summed E-state index contributed by atoms with van der Waals surface area (Å²) in [4.78, 5) is 12.2. The molecule has 0 amide bonds. The Morgan fingerprint density at radius 2 is 0.943 bits per heavy atom. The third-order valence-electron chi connectivity index (χ3n) is 5.83. The maximum atomic E-state index is 5.18. The number of fused-ring (bicyclic) bond motifs is 1. The van der Waals surface area contributed by atoms with E-state index in [1.54, 1.807) is 11.3 Å². The van der Waals surface area contributed by atoms with Gasteiger partial charge in [0.15, 0.2) is 0 Å².